The van der Waals surface area contributed by atoms with Gasteiger partial charge in [-0.2, -0.15) is 0 Å². The smallest absolute Gasteiger partial charge is 0.307 e. The van der Waals surface area contributed by atoms with E-state index in [1.807, 2.05) is 36.6 Å². The summed E-state index contributed by atoms with van der Waals surface area (Å²) < 4.78 is 1.63. The van der Waals surface area contributed by atoms with E-state index in [1.165, 1.54) is 16.0 Å². The maximum Gasteiger partial charge on any atom is 0.307 e. The fourth-order valence-electron chi connectivity index (χ4n) is 2.66. The summed E-state index contributed by atoms with van der Waals surface area (Å²) in [5.41, 5.74) is 4.15. The summed E-state index contributed by atoms with van der Waals surface area (Å²) in [6, 6.07) is 14.3. The number of amides is 1. The molecule has 6 heteroatoms. The first kappa shape index (κ1) is 19.5. The average Bonchev–Trinajstić information content (AvgIpc) is 2.96. The van der Waals surface area contributed by atoms with Crippen molar-refractivity contribution in [3.05, 3.63) is 74.3 Å². The Morgan fingerprint density at radius 2 is 1.85 bits per heavy atom. The molecule has 0 aliphatic rings. The molecule has 0 aliphatic carbocycles. The first-order chi connectivity index (χ1) is 12.9. The molecule has 3 rings (SSSR count). The van der Waals surface area contributed by atoms with E-state index in [1.54, 1.807) is 16.3 Å². The van der Waals surface area contributed by atoms with Gasteiger partial charge in [0, 0.05) is 39.5 Å². The number of aryl methyl sites for hydroxylation is 3. The predicted molar refractivity (Wildman–Crippen MR) is 113 cm³/mol. The fraction of sp³-hybridized carbons (Fsp3) is 0.238. The second kappa shape index (κ2) is 8.59. The number of carbonyl (C=O) groups is 1. The van der Waals surface area contributed by atoms with E-state index in [9.17, 15) is 9.59 Å². The quantitative estimate of drug-likeness (QED) is 0.635. The largest absolute Gasteiger partial charge is 0.326 e. The van der Waals surface area contributed by atoms with Crippen LogP contribution in [0.25, 0.3) is 0 Å². The van der Waals surface area contributed by atoms with Gasteiger partial charge in [0.15, 0.2) is 0 Å². The summed E-state index contributed by atoms with van der Waals surface area (Å²) >= 11 is 2.88. The zero-order chi connectivity index (χ0) is 19.4. The Balaban J connectivity index is 1.58. The summed E-state index contributed by atoms with van der Waals surface area (Å²) in [4.78, 5) is 26.2. The van der Waals surface area contributed by atoms with Crippen molar-refractivity contribution < 1.29 is 4.79 Å². The molecule has 0 atom stereocenters. The van der Waals surface area contributed by atoms with Crippen LogP contribution >= 0.6 is 23.1 Å². The number of hydrogen-bond acceptors (Lipinski definition) is 4. The Morgan fingerprint density at radius 1 is 1.11 bits per heavy atom. The Morgan fingerprint density at radius 3 is 2.52 bits per heavy atom. The second-order valence-corrected chi connectivity index (χ2v) is 8.42. The van der Waals surface area contributed by atoms with E-state index < -0.39 is 0 Å². The molecule has 1 amide bonds. The lowest BCUT2D eigenvalue weighted by Crippen LogP contribution is -2.20. The molecule has 0 unspecified atom stereocenters. The highest BCUT2D eigenvalue weighted by Gasteiger charge is 2.07. The molecule has 0 radical (unpaired) electrons. The zero-order valence-electron chi connectivity index (χ0n) is 15.6. The van der Waals surface area contributed by atoms with Crippen molar-refractivity contribution in [1.82, 2.24) is 4.57 Å². The van der Waals surface area contributed by atoms with Gasteiger partial charge in [0.1, 0.15) is 0 Å². The maximum absolute atomic E-state index is 12.2. The summed E-state index contributed by atoms with van der Waals surface area (Å²) in [6.07, 6.45) is 0.274. The lowest BCUT2D eigenvalue weighted by atomic mass is 10.2. The van der Waals surface area contributed by atoms with Crippen LogP contribution in [0, 0.1) is 20.8 Å². The second-order valence-electron chi connectivity index (χ2n) is 6.49. The van der Waals surface area contributed by atoms with Gasteiger partial charge in [-0.05, 0) is 62.2 Å². The molecule has 140 valence electrons. The molecule has 0 fully saturated rings. The number of anilines is 1. The molecule has 0 saturated carbocycles. The minimum atomic E-state index is -0.0950. The van der Waals surface area contributed by atoms with Crippen LogP contribution in [0.2, 0.25) is 0 Å². The number of benzene rings is 2. The highest BCUT2D eigenvalue weighted by atomic mass is 32.2. The van der Waals surface area contributed by atoms with E-state index in [0.29, 0.717) is 6.54 Å². The molecular formula is C21H22N2O2S2. The van der Waals surface area contributed by atoms with Crippen LogP contribution in [0.3, 0.4) is 0 Å². The van der Waals surface area contributed by atoms with Crippen molar-refractivity contribution in [2.45, 2.75) is 43.5 Å². The Bertz CT molecular complexity index is 1000. The molecule has 4 nitrogen and oxygen atoms in total. The van der Waals surface area contributed by atoms with Crippen molar-refractivity contribution in [1.29, 1.82) is 0 Å². The lowest BCUT2D eigenvalue weighted by Gasteiger charge is -2.09. The zero-order valence-corrected chi connectivity index (χ0v) is 17.2. The van der Waals surface area contributed by atoms with Crippen LogP contribution in [0.15, 0.2) is 62.4 Å². The molecule has 0 saturated heterocycles. The van der Waals surface area contributed by atoms with Gasteiger partial charge in [-0.1, -0.05) is 35.2 Å². The van der Waals surface area contributed by atoms with Crippen molar-refractivity contribution in [3.8, 4) is 0 Å². The third-order valence-corrected chi connectivity index (χ3v) is 6.30. The molecule has 1 N–H and O–H groups in total. The van der Waals surface area contributed by atoms with Crippen molar-refractivity contribution in [3.63, 3.8) is 0 Å². The number of nitrogens with zero attached hydrogens (tertiary/aromatic N) is 1. The van der Waals surface area contributed by atoms with Crippen LogP contribution in [-0.2, 0) is 11.3 Å². The van der Waals surface area contributed by atoms with Gasteiger partial charge in [-0.25, -0.2) is 0 Å². The van der Waals surface area contributed by atoms with Crippen LogP contribution < -0.4 is 10.2 Å². The van der Waals surface area contributed by atoms with Crippen LogP contribution in [0.1, 0.15) is 23.2 Å². The molecular weight excluding hydrogens is 376 g/mol. The number of aromatic nitrogens is 1. The minimum Gasteiger partial charge on any atom is -0.326 e. The monoisotopic (exact) mass is 398 g/mol. The predicted octanol–water partition coefficient (Wildman–Crippen LogP) is 5.02. The topological polar surface area (TPSA) is 51.1 Å². The number of thiazole rings is 1. The number of carbonyl (C=O) groups excluding carboxylic acids is 1. The highest BCUT2D eigenvalue weighted by molar-refractivity contribution is 7.99. The highest BCUT2D eigenvalue weighted by Crippen LogP contribution is 2.31. The summed E-state index contributed by atoms with van der Waals surface area (Å²) in [5, 5.41) is 4.71. The minimum absolute atomic E-state index is 0.0203. The lowest BCUT2D eigenvalue weighted by molar-refractivity contribution is -0.116. The number of rotatable bonds is 6. The number of nitrogens with one attached hydrogen (secondary N) is 1. The van der Waals surface area contributed by atoms with Gasteiger partial charge >= 0.3 is 4.87 Å². The molecule has 0 bridgehead atoms. The van der Waals surface area contributed by atoms with Crippen LogP contribution in [-0.4, -0.2) is 10.5 Å². The van der Waals surface area contributed by atoms with Crippen molar-refractivity contribution in [2.75, 3.05) is 5.32 Å². The van der Waals surface area contributed by atoms with Crippen molar-refractivity contribution in [2.24, 2.45) is 0 Å². The molecule has 2 aromatic carbocycles. The molecule has 0 aliphatic heterocycles. The Kier molecular flexibility index (Phi) is 6.19. The van der Waals surface area contributed by atoms with Gasteiger partial charge in [0.05, 0.1) is 0 Å². The summed E-state index contributed by atoms with van der Waals surface area (Å²) in [5.74, 6) is -0.0950. The maximum atomic E-state index is 12.2. The van der Waals surface area contributed by atoms with Gasteiger partial charge < -0.3 is 9.88 Å². The molecule has 27 heavy (non-hydrogen) atoms. The molecule has 0 spiro atoms. The van der Waals surface area contributed by atoms with E-state index in [-0.39, 0.29) is 17.2 Å². The molecule has 1 aromatic heterocycles. The summed E-state index contributed by atoms with van der Waals surface area (Å²) in [6.45, 7) is 6.48. The molecule has 1 heterocycles. The van der Waals surface area contributed by atoms with E-state index in [2.05, 4.69) is 37.4 Å². The van der Waals surface area contributed by atoms with Crippen LogP contribution in [0.4, 0.5) is 5.69 Å². The van der Waals surface area contributed by atoms with Crippen molar-refractivity contribution >= 4 is 34.7 Å². The first-order valence-corrected chi connectivity index (χ1v) is 10.4. The third kappa shape index (κ3) is 5.11. The van der Waals surface area contributed by atoms with E-state index in [4.69, 9.17) is 0 Å². The van der Waals surface area contributed by atoms with Gasteiger partial charge in [-0.15, -0.1) is 0 Å². The Hall–Kier alpha value is -2.31. The molecule has 3 aromatic rings. The van der Waals surface area contributed by atoms with Gasteiger partial charge in [0.25, 0.3) is 0 Å². The van der Waals surface area contributed by atoms with E-state index >= 15 is 0 Å². The fourth-order valence-corrected chi connectivity index (χ4v) is 4.42. The standard InChI is InChI=1S/C21H22N2O2S2/c1-14-4-5-15(2)19(12-14)27-18-8-6-17(7-9-18)22-20(24)10-11-23-16(3)13-26-21(23)25/h4-9,12-13H,10-11H2,1-3H3,(H,22,24). The third-order valence-electron chi connectivity index (χ3n) is 4.25. The van der Waals surface area contributed by atoms with E-state index in [0.717, 1.165) is 27.6 Å². The SMILES string of the molecule is Cc1ccc(C)c(Sc2ccc(NC(=O)CCn3c(C)csc3=O)cc2)c1. The normalized spacial score (nSPS) is 10.8. The van der Waals surface area contributed by atoms with Gasteiger partial charge in [-0.3, -0.25) is 9.59 Å². The Labute approximate surface area is 167 Å². The average molecular weight is 399 g/mol. The number of hydrogen-bond donors (Lipinski definition) is 1. The van der Waals surface area contributed by atoms with Gasteiger partial charge in [0.2, 0.25) is 5.91 Å². The van der Waals surface area contributed by atoms with Crippen LogP contribution in [0.5, 0.6) is 0 Å². The summed E-state index contributed by atoms with van der Waals surface area (Å²) in [7, 11) is 0. The first-order valence-electron chi connectivity index (χ1n) is 8.72.